The maximum Gasteiger partial charge on any atom is 0.0384 e. The SMILES string of the molecule is Nc1ccc(-c2ccc(Nc3ccccc3)cc2)c(-c2ccccc2)c1. The Hall–Kier alpha value is -3.52. The Bertz CT molecular complexity index is 991. The first-order chi connectivity index (χ1) is 12.8. The van der Waals surface area contributed by atoms with Gasteiger partial charge in [-0.25, -0.2) is 0 Å². The molecule has 0 radical (unpaired) electrons. The Morgan fingerprint density at radius 2 is 1.08 bits per heavy atom. The Kier molecular flexibility index (Phi) is 4.40. The normalized spacial score (nSPS) is 10.5. The summed E-state index contributed by atoms with van der Waals surface area (Å²) in [5.41, 5.74) is 13.6. The molecule has 0 spiro atoms. The van der Waals surface area contributed by atoms with Gasteiger partial charge in [0.2, 0.25) is 0 Å². The quantitative estimate of drug-likeness (QED) is 0.426. The number of nitrogen functional groups attached to an aromatic ring is 1. The molecule has 0 saturated heterocycles. The zero-order valence-corrected chi connectivity index (χ0v) is 14.4. The fourth-order valence-corrected chi connectivity index (χ4v) is 3.09. The number of nitrogens with one attached hydrogen (secondary N) is 1. The molecule has 0 aliphatic carbocycles. The smallest absolute Gasteiger partial charge is 0.0384 e. The monoisotopic (exact) mass is 336 g/mol. The van der Waals surface area contributed by atoms with Gasteiger partial charge in [-0.2, -0.15) is 0 Å². The fraction of sp³-hybridized carbons (Fsp3) is 0. The van der Waals surface area contributed by atoms with E-state index >= 15 is 0 Å². The molecule has 0 unspecified atom stereocenters. The molecule has 0 fully saturated rings. The van der Waals surface area contributed by atoms with Crippen molar-refractivity contribution in [2.24, 2.45) is 0 Å². The predicted molar refractivity (Wildman–Crippen MR) is 111 cm³/mol. The minimum absolute atomic E-state index is 0.773. The Balaban J connectivity index is 1.68. The molecule has 0 atom stereocenters. The van der Waals surface area contributed by atoms with Crippen LogP contribution < -0.4 is 11.1 Å². The molecular formula is C24H20N2. The minimum Gasteiger partial charge on any atom is -0.399 e. The van der Waals surface area contributed by atoms with E-state index in [0.29, 0.717) is 0 Å². The molecule has 4 aromatic rings. The summed E-state index contributed by atoms with van der Waals surface area (Å²) in [5, 5.41) is 3.42. The van der Waals surface area contributed by atoms with Crippen LogP contribution in [0.15, 0.2) is 103 Å². The van der Waals surface area contributed by atoms with Gasteiger partial charge in [-0.05, 0) is 58.7 Å². The number of hydrogen-bond donors (Lipinski definition) is 2. The van der Waals surface area contributed by atoms with E-state index in [0.717, 1.165) is 22.6 Å². The summed E-state index contributed by atoms with van der Waals surface area (Å²) in [6.07, 6.45) is 0. The molecule has 126 valence electrons. The number of nitrogens with two attached hydrogens (primary N) is 1. The van der Waals surface area contributed by atoms with Crippen LogP contribution >= 0.6 is 0 Å². The lowest BCUT2D eigenvalue weighted by atomic mass is 9.94. The highest BCUT2D eigenvalue weighted by molar-refractivity contribution is 5.86. The van der Waals surface area contributed by atoms with E-state index < -0.39 is 0 Å². The highest BCUT2D eigenvalue weighted by Crippen LogP contribution is 2.34. The van der Waals surface area contributed by atoms with Gasteiger partial charge in [-0.1, -0.05) is 66.7 Å². The van der Waals surface area contributed by atoms with Crippen LogP contribution in [0.2, 0.25) is 0 Å². The lowest BCUT2D eigenvalue weighted by Crippen LogP contribution is -1.91. The van der Waals surface area contributed by atoms with Crippen molar-refractivity contribution in [3.05, 3.63) is 103 Å². The molecule has 3 N–H and O–H groups in total. The van der Waals surface area contributed by atoms with E-state index in [1.165, 1.54) is 16.7 Å². The number of rotatable bonds is 4. The van der Waals surface area contributed by atoms with Crippen LogP contribution in [0.4, 0.5) is 17.1 Å². The molecule has 0 saturated carbocycles. The van der Waals surface area contributed by atoms with Gasteiger partial charge in [0.05, 0.1) is 0 Å². The zero-order valence-electron chi connectivity index (χ0n) is 14.4. The van der Waals surface area contributed by atoms with Crippen molar-refractivity contribution >= 4 is 17.1 Å². The second-order valence-electron chi connectivity index (χ2n) is 6.24. The maximum absolute atomic E-state index is 6.04. The van der Waals surface area contributed by atoms with Crippen molar-refractivity contribution in [1.82, 2.24) is 0 Å². The van der Waals surface area contributed by atoms with Crippen molar-refractivity contribution in [2.75, 3.05) is 11.1 Å². The third-order valence-electron chi connectivity index (χ3n) is 4.39. The fourth-order valence-electron chi connectivity index (χ4n) is 3.09. The molecule has 0 aliphatic heterocycles. The standard InChI is InChI=1S/C24H20N2/c25-20-13-16-23(24(17-20)18-7-3-1-4-8-18)19-11-14-22(15-12-19)26-21-9-5-2-6-10-21/h1-17,26H,25H2. The van der Waals surface area contributed by atoms with Gasteiger partial charge in [0, 0.05) is 17.1 Å². The van der Waals surface area contributed by atoms with E-state index in [1.54, 1.807) is 0 Å². The molecule has 0 aromatic heterocycles. The van der Waals surface area contributed by atoms with E-state index in [9.17, 15) is 0 Å². The van der Waals surface area contributed by atoms with Crippen molar-refractivity contribution < 1.29 is 0 Å². The topological polar surface area (TPSA) is 38.0 Å². The number of hydrogen-bond acceptors (Lipinski definition) is 2. The Morgan fingerprint density at radius 1 is 0.500 bits per heavy atom. The number of benzene rings is 4. The number of anilines is 3. The van der Waals surface area contributed by atoms with Crippen LogP contribution in [0, 0.1) is 0 Å². The van der Waals surface area contributed by atoms with Gasteiger partial charge in [0.1, 0.15) is 0 Å². The van der Waals surface area contributed by atoms with Crippen LogP contribution in [-0.4, -0.2) is 0 Å². The molecule has 0 amide bonds. The van der Waals surface area contributed by atoms with Crippen LogP contribution in [0.1, 0.15) is 0 Å². The van der Waals surface area contributed by atoms with Gasteiger partial charge in [-0.3, -0.25) is 0 Å². The minimum atomic E-state index is 0.773. The third kappa shape index (κ3) is 3.45. The van der Waals surface area contributed by atoms with Gasteiger partial charge in [0.15, 0.2) is 0 Å². The molecule has 4 rings (SSSR count). The highest BCUT2D eigenvalue weighted by atomic mass is 14.9. The van der Waals surface area contributed by atoms with Crippen molar-refractivity contribution in [3.63, 3.8) is 0 Å². The van der Waals surface area contributed by atoms with Crippen LogP contribution in [0.25, 0.3) is 22.3 Å². The molecule has 2 nitrogen and oxygen atoms in total. The van der Waals surface area contributed by atoms with Crippen molar-refractivity contribution in [1.29, 1.82) is 0 Å². The molecule has 0 heterocycles. The van der Waals surface area contributed by atoms with Crippen LogP contribution in [0.5, 0.6) is 0 Å². The van der Waals surface area contributed by atoms with Crippen molar-refractivity contribution in [3.8, 4) is 22.3 Å². The summed E-state index contributed by atoms with van der Waals surface area (Å²) < 4.78 is 0. The van der Waals surface area contributed by atoms with Gasteiger partial charge < -0.3 is 11.1 Å². The third-order valence-corrected chi connectivity index (χ3v) is 4.39. The molecule has 0 bridgehead atoms. The average molecular weight is 336 g/mol. The summed E-state index contributed by atoms with van der Waals surface area (Å²) >= 11 is 0. The summed E-state index contributed by atoms with van der Waals surface area (Å²) in [4.78, 5) is 0. The summed E-state index contributed by atoms with van der Waals surface area (Å²) in [5.74, 6) is 0. The summed E-state index contributed by atoms with van der Waals surface area (Å²) in [6, 6.07) is 35.1. The zero-order chi connectivity index (χ0) is 17.8. The van der Waals surface area contributed by atoms with E-state index in [1.807, 2.05) is 36.4 Å². The maximum atomic E-state index is 6.04. The van der Waals surface area contributed by atoms with Gasteiger partial charge >= 0.3 is 0 Å². The van der Waals surface area contributed by atoms with Crippen LogP contribution in [-0.2, 0) is 0 Å². The Morgan fingerprint density at radius 3 is 1.77 bits per heavy atom. The summed E-state index contributed by atoms with van der Waals surface area (Å²) in [6.45, 7) is 0. The predicted octanol–water partition coefficient (Wildman–Crippen LogP) is 6.35. The first-order valence-corrected chi connectivity index (χ1v) is 8.67. The lowest BCUT2D eigenvalue weighted by Gasteiger charge is -2.13. The molecule has 4 aromatic carbocycles. The first-order valence-electron chi connectivity index (χ1n) is 8.67. The molecule has 2 heteroatoms. The first kappa shape index (κ1) is 16.0. The molecular weight excluding hydrogens is 316 g/mol. The van der Waals surface area contributed by atoms with E-state index in [-0.39, 0.29) is 0 Å². The molecule has 0 aliphatic rings. The van der Waals surface area contributed by atoms with Crippen molar-refractivity contribution in [2.45, 2.75) is 0 Å². The Labute approximate surface area is 153 Å². The van der Waals surface area contributed by atoms with Crippen LogP contribution in [0.3, 0.4) is 0 Å². The molecule has 26 heavy (non-hydrogen) atoms. The lowest BCUT2D eigenvalue weighted by molar-refractivity contribution is 1.53. The largest absolute Gasteiger partial charge is 0.399 e. The van der Waals surface area contributed by atoms with Gasteiger partial charge in [-0.15, -0.1) is 0 Å². The van der Waals surface area contributed by atoms with Gasteiger partial charge in [0.25, 0.3) is 0 Å². The second-order valence-corrected chi connectivity index (χ2v) is 6.24. The average Bonchev–Trinajstić information content (AvgIpc) is 2.70. The van der Waals surface area contributed by atoms with E-state index in [4.69, 9.17) is 5.73 Å². The van der Waals surface area contributed by atoms with E-state index in [2.05, 4.69) is 72.0 Å². The number of para-hydroxylation sites is 1. The highest BCUT2D eigenvalue weighted by Gasteiger charge is 2.08. The second kappa shape index (κ2) is 7.16. The summed E-state index contributed by atoms with van der Waals surface area (Å²) in [7, 11) is 0.